The number of benzene rings is 3. The third-order valence-corrected chi connectivity index (χ3v) is 5.60. The third-order valence-electron chi connectivity index (χ3n) is 4.63. The highest BCUT2D eigenvalue weighted by molar-refractivity contribution is 7.99. The van der Waals surface area contributed by atoms with Gasteiger partial charge in [-0.05, 0) is 23.6 Å². The van der Waals surface area contributed by atoms with Gasteiger partial charge in [0.2, 0.25) is 5.91 Å². The minimum atomic E-state index is -0.0928. The van der Waals surface area contributed by atoms with Crippen molar-refractivity contribution < 1.29 is 4.79 Å². The van der Waals surface area contributed by atoms with Gasteiger partial charge in [0, 0.05) is 11.3 Å². The normalized spacial score (nSPS) is 10.7. The fourth-order valence-corrected chi connectivity index (χ4v) is 3.86. The van der Waals surface area contributed by atoms with Crippen LogP contribution in [0, 0.1) is 0 Å². The Hall–Kier alpha value is -3.51. The Labute approximate surface area is 179 Å². The molecule has 6 heteroatoms. The number of carbonyl (C=O) groups is 1. The molecule has 0 radical (unpaired) electrons. The highest BCUT2D eigenvalue weighted by Gasteiger charge is 2.12. The van der Waals surface area contributed by atoms with Crippen LogP contribution in [0.5, 0.6) is 0 Å². The summed E-state index contributed by atoms with van der Waals surface area (Å²) in [5.41, 5.74) is 4.88. The van der Waals surface area contributed by atoms with Crippen molar-refractivity contribution in [3.63, 3.8) is 0 Å². The van der Waals surface area contributed by atoms with E-state index in [1.807, 2.05) is 72.8 Å². The number of hydrogen-bond donors (Lipinski definition) is 2. The van der Waals surface area contributed by atoms with E-state index >= 15 is 0 Å². The second kappa shape index (κ2) is 9.33. The summed E-state index contributed by atoms with van der Waals surface area (Å²) in [7, 11) is 0. The monoisotopic (exact) mass is 414 g/mol. The van der Waals surface area contributed by atoms with Gasteiger partial charge < -0.3 is 11.2 Å². The molecule has 1 heterocycles. The van der Waals surface area contributed by atoms with Crippen LogP contribution in [0.3, 0.4) is 0 Å². The lowest BCUT2D eigenvalue weighted by Gasteiger charge is -2.11. The Bertz CT molecular complexity index is 1130. The average molecular weight is 415 g/mol. The van der Waals surface area contributed by atoms with Gasteiger partial charge in [0.1, 0.15) is 0 Å². The third kappa shape index (κ3) is 4.90. The van der Waals surface area contributed by atoms with Crippen molar-refractivity contribution >= 4 is 23.4 Å². The zero-order chi connectivity index (χ0) is 20.8. The lowest BCUT2D eigenvalue weighted by atomic mass is 10.0. The van der Waals surface area contributed by atoms with Gasteiger partial charge in [-0.3, -0.25) is 4.79 Å². The zero-order valence-electron chi connectivity index (χ0n) is 16.4. The van der Waals surface area contributed by atoms with Crippen molar-refractivity contribution in [3.05, 3.63) is 102 Å². The summed E-state index contributed by atoms with van der Waals surface area (Å²) in [6, 6.07) is 27.9. The molecule has 0 atom stereocenters. The van der Waals surface area contributed by atoms with Gasteiger partial charge in [-0.1, -0.05) is 90.6 Å². The Balaban J connectivity index is 1.40. The molecule has 3 aromatic carbocycles. The van der Waals surface area contributed by atoms with Crippen LogP contribution in [0.15, 0.2) is 96.3 Å². The maximum absolute atomic E-state index is 12.6. The lowest BCUT2D eigenvalue weighted by Crippen LogP contribution is -2.16. The van der Waals surface area contributed by atoms with Gasteiger partial charge >= 0.3 is 0 Å². The maximum atomic E-state index is 12.6. The number of nitrogens with one attached hydrogen (secondary N) is 1. The highest BCUT2D eigenvalue weighted by Crippen LogP contribution is 2.24. The van der Waals surface area contributed by atoms with Gasteiger partial charge in [0.05, 0.1) is 17.6 Å². The number of imidazole rings is 1. The van der Waals surface area contributed by atoms with Crippen LogP contribution in [-0.4, -0.2) is 21.3 Å². The van der Waals surface area contributed by atoms with Crippen LogP contribution < -0.4 is 11.2 Å². The van der Waals surface area contributed by atoms with Crippen molar-refractivity contribution in [1.29, 1.82) is 0 Å². The van der Waals surface area contributed by atoms with Crippen molar-refractivity contribution in [2.24, 2.45) is 0 Å². The fourth-order valence-electron chi connectivity index (χ4n) is 3.16. The fraction of sp³-hybridized carbons (Fsp3) is 0.0833. The van der Waals surface area contributed by atoms with E-state index in [-0.39, 0.29) is 11.7 Å². The van der Waals surface area contributed by atoms with Crippen LogP contribution >= 0.6 is 11.8 Å². The van der Waals surface area contributed by atoms with Crippen LogP contribution in [0.2, 0.25) is 0 Å². The molecule has 1 aromatic heterocycles. The van der Waals surface area contributed by atoms with Gasteiger partial charge in [0.25, 0.3) is 0 Å². The largest absolute Gasteiger partial charge is 0.337 e. The summed E-state index contributed by atoms with van der Waals surface area (Å²) in [5, 5.41) is 3.62. The summed E-state index contributed by atoms with van der Waals surface area (Å²) < 4.78 is 1.46. The number of nitrogens with zero attached hydrogens (tertiary/aromatic N) is 2. The van der Waals surface area contributed by atoms with Crippen LogP contribution in [-0.2, 0) is 11.2 Å². The number of rotatable bonds is 7. The van der Waals surface area contributed by atoms with Gasteiger partial charge in [-0.25, -0.2) is 9.66 Å². The molecule has 4 aromatic rings. The SMILES string of the molecule is Nn1cc(-c2ccccc2)nc1SCC(=O)Nc1ccccc1Cc1ccccc1. The van der Waals surface area contributed by atoms with E-state index in [0.29, 0.717) is 5.16 Å². The van der Waals surface area contributed by atoms with E-state index in [9.17, 15) is 4.79 Å². The Morgan fingerprint density at radius 2 is 1.60 bits per heavy atom. The first kappa shape index (κ1) is 19.8. The Kier molecular flexibility index (Phi) is 6.15. The van der Waals surface area contributed by atoms with Crippen molar-refractivity contribution in [3.8, 4) is 11.3 Å². The second-order valence-electron chi connectivity index (χ2n) is 6.84. The molecule has 0 saturated carbocycles. The molecule has 150 valence electrons. The molecule has 0 aliphatic carbocycles. The number of amides is 1. The first-order valence-electron chi connectivity index (χ1n) is 9.63. The van der Waals surface area contributed by atoms with E-state index < -0.39 is 0 Å². The quantitative estimate of drug-likeness (QED) is 0.343. The van der Waals surface area contributed by atoms with E-state index in [0.717, 1.165) is 28.9 Å². The maximum Gasteiger partial charge on any atom is 0.234 e. The molecule has 0 aliphatic rings. The topological polar surface area (TPSA) is 72.9 Å². The second-order valence-corrected chi connectivity index (χ2v) is 7.78. The predicted molar refractivity (Wildman–Crippen MR) is 123 cm³/mol. The molecule has 30 heavy (non-hydrogen) atoms. The van der Waals surface area contributed by atoms with Crippen molar-refractivity contribution in [1.82, 2.24) is 9.66 Å². The molecule has 0 unspecified atom stereocenters. The number of nitrogens with two attached hydrogens (primary N) is 1. The van der Waals surface area contributed by atoms with Crippen LogP contribution in [0.4, 0.5) is 5.69 Å². The number of nitrogen functional groups attached to an aromatic ring is 1. The molecule has 1 amide bonds. The van der Waals surface area contributed by atoms with Gasteiger partial charge in [-0.15, -0.1) is 0 Å². The molecule has 3 N–H and O–H groups in total. The standard InChI is InChI=1S/C24H22N4OS/c25-28-16-22(19-11-5-2-6-12-19)27-24(28)30-17-23(29)26-21-14-8-7-13-20(21)15-18-9-3-1-4-10-18/h1-14,16H,15,17,25H2,(H,26,29). The smallest absolute Gasteiger partial charge is 0.234 e. The van der Waals surface area contributed by atoms with Crippen molar-refractivity contribution in [2.75, 3.05) is 16.9 Å². The number of para-hydroxylation sites is 1. The average Bonchev–Trinajstić information content (AvgIpc) is 3.16. The van der Waals surface area contributed by atoms with Gasteiger partial charge in [0.15, 0.2) is 5.16 Å². The van der Waals surface area contributed by atoms with E-state index in [4.69, 9.17) is 5.84 Å². The van der Waals surface area contributed by atoms with Crippen LogP contribution in [0.1, 0.15) is 11.1 Å². The number of anilines is 1. The van der Waals surface area contributed by atoms with E-state index in [2.05, 4.69) is 22.4 Å². The van der Waals surface area contributed by atoms with E-state index in [1.54, 1.807) is 6.20 Å². The number of carbonyl (C=O) groups excluding carboxylic acids is 1. The Morgan fingerprint density at radius 1 is 0.933 bits per heavy atom. The molecular weight excluding hydrogens is 392 g/mol. The predicted octanol–water partition coefficient (Wildman–Crippen LogP) is 4.59. The minimum Gasteiger partial charge on any atom is -0.337 e. The number of hydrogen-bond acceptors (Lipinski definition) is 4. The molecule has 5 nitrogen and oxygen atoms in total. The molecule has 0 saturated heterocycles. The molecule has 0 aliphatic heterocycles. The molecule has 0 bridgehead atoms. The first-order chi connectivity index (χ1) is 14.7. The molecule has 0 spiro atoms. The zero-order valence-corrected chi connectivity index (χ0v) is 17.2. The first-order valence-corrected chi connectivity index (χ1v) is 10.6. The van der Waals surface area contributed by atoms with Gasteiger partial charge in [-0.2, -0.15) is 0 Å². The summed E-state index contributed by atoms with van der Waals surface area (Å²) >= 11 is 1.31. The summed E-state index contributed by atoms with van der Waals surface area (Å²) in [4.78, 5) is 17.1. The summed E-state index contributed by atoms with van der Waals surface area (Å²) in [6.07, 6.45) is 2.53. The molecule has 4 rings (SSSR count). The Morgan fingerprint density at radius 3 is 2.37 bits per heavy atom. The number of thioether (sulfide) groups is 1. The molecular formula is C24H22N4OS. The molecule has 0 fully saturated rings. The lowest BCUT2D eigenvalue weighted by molar-refractivity contribution is -0.113. The summed E-state index contributed by atoms with van der Waals surface area (Å²) in [6.45, 7) is 0. The number of aromatic nitrogens is 2. The highest BCUT2D eigenvalue weighted by atomic mass is 32.2. The minimum absolute atomic E-state index is 0.0928. The van der Waals surface area contributed by atoms with E-state index in [1.165, 1.54) is 22.0 Å². The van der Waals surface area contributed by atoms with Crippen molar-refractivity contribution in [2.45, 2.75) is 11.6 Å². The summed E-state index contributed by atoms with van der Waals surface area (Å²) in [5.74, 6) is 6.16. The van der Waals surface area contributed by atoms with Crippen LogP contribution in [0.25, 0.3) is 11.3 Å².